The van der Waals surface area contributed by atoms with E-state index in [1.54, 1.807) is 17.0 Å². The third-order valence-corrected chi connectivity index (χ3v) is 7.62. The summed E-state index contributed by atoms with van der Waals surface area (Å²) in [4.78, 5) is 27.3. The maximum absolute atomic E-state index is 16.6. The van der Waals surface area contributed by atoms with E-state index >= 15 is 4.39 Å². The van der Waals surface area contributed by atoms with Gasteiger partial charge in [0.1, 0.15) is 17.1 Å². The molecule has 1 saturated heterocycles. The van der Waals surface area contributed by atoms with Gasteiger partial charge in [-0.2, -0.15) is 9.97 Å². The van der Waals surface area contributed by atoms with Crippen molar-refractivity contribution in [3.05, 3.63) is 66.0 Å². The van der Waals surface area contributed by atoms with E-state index in [1.165, 1.54) is 12.1 Å². The average Bonchev–Trinajstić information content (AvgIpc) is 2.94. The van der Waals surface area contributed by atoms with Gasteiger partial charge in [-0.15, -0.1) is 0 Å². The molecule has 4 aromatic rings. The first-order valence-corrected chi connectivity index (χ1v) is 13.9. The lowest BCUT2D eigenvalue weighted by molar-refractivity contribution is -0.128. The van der Waals surface area contributed by atoms with Gasteiger partial charge in [-0.25, -0.2) is 4.39 Å². The quantitative estimate of drug-likeness (QED) is 0.219. The molecule has 2 heterocycles. The molecule has 1 aromatic heterocycles. The number of aromatic hydroxyl groups is 1. The van der Waals surface area contributed by atoms with Crippen LogP contribution in [0.25, 0.3) is 32.8 Å². The van der Waals surface area contributed by atoms with Crippen molar-refractivity contribution in [2.75, 3.05) is 51.8 Å². The summed E-state index contributed by atoms with van der Waals surface area (Å²) < 4.78 is 22.5. The maximum Gasteiger partial charge on any atom is 0.319 e. The number of piperazine rings is 1. The number of phenolic OH excluding ortho intramolecular Hbond substituents is 1. The normalized spacial score (nSPS) is 15.6. The SMILES string of the molecule is C=CC(=O)N1CCN(c2nc(OCCCN(C)C)nc3c(F)c(-c4cc(O)cc5ccccc45)c(Cl)cc23)CC1C. The highest BCUT2D eigenvalue weighted by atomic mass is 35.5. The van der Waals surface area contributed by atoms with Crippen LogP contribution >= 0.6 is 11.6 Å². The monoisotopic (exact) mass is 577 g/mol. The van der Waals surface area contributed by atoms with Crippen molar-refractivity contribution in [3.63, 3.8) is 0 Å². The Morgan fingerprint density at radius 2 is 2.00 bits per heavy atom. The van der Waals surface area contributed by atoms with E-state index in [2.05, 4.69) is 16.5 Å². The Bertz CT molecular complexity index is 1630. The molecule has 3 aromatic carbocycles. The molecule has 41 heavy (non-hydrogen) atoms. The minimum absolute atomic E-state index is 0.00323. The number of aromatic nitrogens is 2. The first-order chi connectivity index (χ1) is 19.7. The average molecular weight is 578 g/mol. The molecule has 0 saturated carbocycles. The van der Waals surface area contributed by atoms with Crippen LogP contribution in [-0.2, 0) is 4.79 Å². The molecular weight excluding hydrogens is 545 g/mol. The molecule has 1 fully saturated rings. The van der Waals surface area contributed by atoms with Gasteiger partial charge in [0, 0.05) is 43.2 Å². The second kappa shape index (κ2) is 11.9. The number of ether oxygens (including phenoxy) is 1. The summed E-state index contributed by atoms with van der Waals surface area (Å²) in [7, 11) is 3.96. The second-order valence-electron chi connectivity index (χ2n) is 10.5. The van der Waals surface area contributed by atoms with Crippen LogP contribution in [0.4, 0.5) is 10.2 Å². The number of halogens is 2. The molecule has 1 unspecified atom stereocenters. The Morgan fingerprint density at radius 3 is 2.73 bits per heavy atom. The highest BCUT2D eigenvalue weighted by molar-refractivity contribution is 6.35. The molecule has 1 N–H and O–H groups in total. The first kappa shape index (κ1) is 28.6. The van der Waals surface area contributed by atoms with Crippen LogP contribution in [0.5, 0.6) is 11.8 Å². The molecule has 0 aliphatic carbocycles. The fourth-order valence-electron chi connectivity index (χ4n) is 5.35. The number of phenols is 1. The molecule has 10 heteroatoms. The number of nitrogens with zero attached hydrogens (tertiary/aromatic N) is 5. The molecule has 5 rings (SSSR count). The van der Waals surface area contributed by atoms with Gasteiger partial charge in [0.05, 0.1) is 11.6 Å². The van der Waals surface area contributed by atoms with Gasteiger partial charge in [0.15, 0.2) is 5.82 Å². The second-order valence-corrected chi connectivity index (χ2v) is 10.9. The molecule has 0 radical (unpaired) electrons. The van der Waals surface area contributed by atoms with E-state index in [9.17, 15) is 9.90 Å². The minimum Gasteiger partial charge on any atom is -0.508 e. The predicted octanol–water partition coefficient (Wildman–Crippen LogP) is 5.50. The Hall–Kier alpha value is -3.95. The topological polar surface area (TPSA) is 82.0 Å². The fourth-order valence-corrected chi connectivity index (χ4v) is 5.65. The van der Waals surface area contributed by atoms with Crippen LogP contribution in [-0.4, -0.2) is 83.7 Å². The lowest BCUT2D eigenvalue weighted by Gasteiger charge is -2.40. The molecular formula is C31H33ClFN5O3. The van der Waals surface area contributed by atoms with E-state index in [0.717, 1.165) is 23.7 Å². The van der Waals surface area contributed by atoms with E-state index in [-0.39, 0.29) is 39.8 Å². The number of carbonyl (C=O) groups is 1. The highest BCUT2D eigenvalue weighted by Gasteiger charge is 2.30. The lowest BCUT2D eigenvalue weighted by Crippen LogP contribution is -2.54. The minimum atomic E-state index is -0.626. The zero-order valence-corrected chi connectivity index (χ0v) is 24.2. The number of hydrogen-bond donors (Lipinski definition) is 1. The summed E-state index contributed by atoms with van der Waals surface area (Å²) in [6.45, 7) is 8.15. The van der Waals surface area contributed by atoms with E-state index in [4.69, 9.17) is 21.3 Å². The standard InChI is InChI=1S/C31H33ClFN5O3/c1-5-26(40)38-13-12-37(18-19(38)2)30-24-17-25(32)27(23-16-21(39)15-20-9-6-7-10-22(20)23)28(33)29(24)34-31(35-30)41-14-8-11-36(3)4/h5-7,9-10,15-17,19,39H,1,8,11-14,18H2,2-4H3. The van der Waals surface area contributed by atoms with Crippen molar-refractivity contribution in [1.29, 1.82) is 0 Å². The van der Waals surface area contributed by atoms with E-state index in [1.807, 2.05) is 50.2 Å². The Kier molecular flexibility index (Phi) is 8.28. The van der Waals surface area contributed by atoms with Gasteiger partial charge in [0.2, 0.25) is 5.91 Å². The smallest absolute Gasteiger partial charge is 0.319 e. The Balaban J connectivity index is 1.64. The third-order valence-electron chi connectivity index (χ3n) is 7.32. The predicted molar refractivity (Wildman–Crippen MR) is 161 cm³/mol. The number of anilines is 1. The first-order valence-electron chi connectivity index (χ1n) is 13.5. The number of benzene rings is 3. The zero-order chi connectivity index (χ0) is 29.3. The van der Waals surface area contributed by atoms with Crippen LogP contribution in [0.2, 0.25) is 5.02 Å². The summed E-state index contributed by atoms with van der Waals surface area (Å²) in [5.74, 6) is -0.267. The van der Waals surface area contributed by atoms with Crippen LogP contribution < -0.4 is 9.64 Å². The number of amides is 1. The van der Waals surface area contributed by atoms with Crippen LogP contribution in [0.1, 0.15) is 13.3 Å². The number of fused-ring (bicyclic) bond motifs is 2. The van der Waals surface area contributed by atoms with Crippen LogP contribution in [0, 0.1) is 5.82 Å². The summed E-state index contributed by atoms with van der Waals surface area (Å²) in [5, 5.41) is 12.5. The molecule has 214 valence electrons. The van der Waals surface area contributed by atoms with Crippen molar-refractivity contribution in [1.82, 2.24) is 19.8 Å². The molecule has 0 spiro atoms. The van der Waals surface area contributed by atoms with Gasteiger partial charge in [-0.1, -0.05) is 42.4 Å². The van der Waals surface area contributed by atoms with Crippen molar-refractivity contribution in [2.45, 2.75) is 19.4 Å². The molecule has 1 aliphatic rings. The van der Waals surface area contributed by atoms with Crippen molar-refractivity contribution < 1.29 is 19.0 Å². The van der Waals surface area contributed by atoms with Gasteiger partial charge in [0.25, 0.3) is 0 Å². The molecule has 1 atom stereocenters. The van der Waals surface area contributed by atoms with Crippen molar-refractivity contribution >= 4 is 45.0 Å². The summed E-state index contributed by atoms with van der Waals surface area (Å²) >= 11 is 6.80. The Labute approximate surface area is 243 Å². The van der Waals surface area contributed by atoms with E-state index < -0.39 is 5.82 Å². The molecule has 0 bridgehead atoms. The van der Waals surface area contributed by atoms with Gasteiger partial charge in [-0.3, -0.25) is 4.79 Å². The van der Waals surface area contributed by atoms with Gasteiger partial charge in [-0.05, 0) is 68.1 Å². The van der Waals surface area contributed by atoms with Crippen molar-refractivity contribution in [2.24, 2.45) is 0 Å². The molecule has 8 nitrogen and oxygen atoms in total. The van der Waals surface area contributed by atoms with Crippen LogP contribution in [0.15, 0.2) is 55.1 Å². The summed E-state index contributed by atoms with van der Waals surface area (Å²) in [6, 6.07) is 12.2. The summed E-state index contributed by atoms with van der Waals surface area (Å²) in [6.07, 6.45) is 2.06. The lowest BCUT2D eigenvalue weighted by atomic mass is 9.96. The summed E-state index contributed by atoms with van der Waals surface area (Å²) in [5.41, 5.74) is 0.676. The zero-order valence-electron chi connectivity index (χ0n) is 23.4. The number of carbonyl (C=O) groups excluding carboxylic acids is 1. The van der Waals surface area contributed by atoms with Gasteiger partial charge < -0.3 is 24.5 Å². The molecule has 1 aliphatic heterocycles. The molecule has 1 amide bonds. The van der Waals surface area contributed by atoms with Crippen LogP contribution in [0.3, 0.4) is 0 Å². The largest absolute Gasteiger partial charge is 0.508 e. The van der Waals surface area contributed by atoms with E-state index in [0.29, 0.717) is 43.0 Å². The third kappa shape index (κ3) is 5.78. The maximum atomic E-state index is 16.6. The Morgan fingerprint density at radius 1 is 1.22 bits per heavy atom. The fraction of sp³-hybridized carbons (Fsp3) is 0.323. The van der Waals surface area contributed by atoms with Gasteiger partial charge >= 0.3 is 6.01 Å². The highest BCUT2D eigenvalue weighted by Crippen LogP contribution is 2.42. The number of rotatable bonds is 8. The van der Waals surface area contributed by atoms with Crippen molar-refractivity contribution in [3.8, 4) is 22.9 Å². The number of hydrogen-bond acceptors (Lipinski definition) is 7.